The Bertz CT molecular complexity index is 808. The molecule has 0 aliphatic carbocycles. The fraction of sp³-hybridized carbons (Fsp3) is 0.125. The first-order valence-electron chi connectivity index (χ1n) is 6.76. The van der Waals surface area contributed by atoms with Crippen molar-refractivity contribution in [3.63, 3.8) is 0 Å². The lowest BCUT2D eigenvalue weighted by Crippen LogP contribution is -2.22. The quantitative estimate of drug-likeness (QED) is 0.640. The first-order valence-corrected chi connectivity index (χ1v) is 7.14. The minimum atomic E-state index is -4.73. The molecule has 0 aliphatic heterocycles. The number of benzene rings is 2. The number of ether oxygens (including phenoxy) is 1. The number of hydrogen-bond donors (Lipinski definition) is 1. The predicted octanol–water partition coefficient (Wildman–Crippen LogP) is 4.29. The van der Waals surface area contributed by atoms with E-state index in [1.54, 1.807) is 0 Å². The molecule has 0 saturated carbocycles. The molecule has 0 aliphatic rings. The zero-order chi connectivity index (χ0) is 18.6. The summed E-state index contributed by atoms with van der Waals surface area (Å²) in [6.07, 6.45) is -4.73. The fourth-order valence-electron chi connectivity index (χ4n) is 1.89. The molecule has 0 radical (unpaired) electrons. The van der Waals surface area contributed by atoms with Crippen LogP contribution in [0.2, 0.25) is 5.02 Å². The lowest BCUT2D eigenvalue weighted by Gasteiger charge is -2.12. The third kappa shape index (κ3) is 4.93. The van der Waals surface area contributed by atoms with Gasteiger partial charge in [0.1, 0.15) is 5.82 Å². The summed E-state index contributed by atoms with van der Waals surface area (Å²) in [6.45, 7) is -0.819. The van der Waals surface area contributed by atoms with Gasteiger partial charge < -0.3 is 10.1 Å². The van der Waals surface area contributed by atoms with E-state index in [1.165, 1.54) is 12.1 Å². The molecule has 4 nitrogen and oxygen atoms in total. The van der Waals surface area contributed by atoms with Crippen LogP contribution in [0.15, 0.2) is 42.5 Å². The molecule has 0 fully saturated rings. The van der Waals surface area contributed by atoms with Crippen molar-refractivity contribution in [2.24, 2.45) is 0 Å². The summed E-state index contributed by atoms with van der Waals surface area (Å²) >= 11 is 5.55. The molecule has 0 heterocycles. The Morgan fingerprint density at radius 2 is 1.80 bits per heavy atom. The molecule has 2 aromatic rings. The second kappa shape index (κ2) is 7.52. The summed E-state index contributed by atoms with van der Waals surface area (Å²) in [5.41, 5.74) is -1.72. The van der Waals surface area contributed by atoms with E-state index < -0.39 is 41.6 Å². The van der Waals surface area contributed by atoms with Gasteiger partial charge in [0.15, 0.2) is 6.61 Å². The number of alkyl halides is 3. The number of halogens is 5. The van der Waals surface area contributed by atoms with Gasteiger partial charge in [0.25, 0.3) is 5.91 Å². The van der Waals surface area contributed by atoms with Crippen LogP contribution in [0.1, 0.15) is 15.9 Å². The molecule has 132 valence electrons. The highest BCUT2D eigenvalue weighted by molar-refractivity contribution is 6.31. The number of carbonyl (C=O) groups excluding carboxylic acids is 2. The van der Waals surface area contributed by atoms with E-state index >= 15 is 0 Å². The second-order valence-electron chi connectivity index (χ2n) is 4.80. The van der Waals surface area contributed by atoms with Gasteiger partial charge >= 0.3 is 12.1 Å². The Balaban J connectivity index is 2.00. The summed E-state index contributed by atoms with van der Waals surface area (Å²) in [5.74, 6) is -2.80. The van der Waals surface area contributed by atoms with Crippen LogP contribution in [0.5, 0.6) is 0 Å². The average molecular weight is 376 g/mol. The first kappa shape index (κ1) is 18.7. The van der Waals surface area contributed by atoms with Crippen molar-refractivity contribution in [1.82, 2.24) is 0 Å². The smallest absolute Gasteiger partial charge is 0.417 e. The zero-order valence-electron chi connectivity index (χ0n) is 12.4. The van der Waals surface area contributed by atoms with E-state index in [9.17, 15) is 27.2 Å². The minimum Gasteiger partial charge on any atom is -0.452 e. The molecule has 1 amide bonds. The highest BCUT2D eigenvalue weighted by atomic mass is 35.5. The van der Waals surface area contributed by atoms with Crippen molar-refractivity contribution >= 4 is 29.2 Å². The summed E-state index contributed by atoms with van der Waals surface area (Å²) in [5, 5.41) is 2.04. The van der Waals surface area contributed by atoms with Gasteiger partial charge in [-0.25, -0.2) is 9.18 Å². The van der Waals surface area contributed by atoms with Gasteiger partial charge in [0, 0.05) is 5.69 Å². The van der Waals surface area contributed by atoms with Crippen molar-refractivity contribution in [3.05, 3.63) is 64.4 Å². The maximum Gasteiger partial charge on any atom is 0.417 e. The van der Waals surface area contributed by atoms with Crippen molar-refractivity contribution in [2.75, 3.05) is 11.9 Å². The number of hydrogen-bond acceptors (Lipinski definition) is 3. The lowest BCUT2D eigenvalue weighted by atomic mass is 10.1. The molecule has 0 saturated heterocycles. The molecule has 9 heteroatoms. The highest BCUT2D eigenvalue weighted by Crippen LogP contribution is 2.32. The lowest BCUT2D eigenvalue weighted by molar-refractivity contribution is -0.138. The Morgan fingerprint density at radius 3 is 2.44 bits per heavy atom. The third-order valence-electron chi connectivity index (χ3n) is 2.99. The van der Waals surface area contributed by atoms with E-state index in [1.807, 2.05) is 0 Å². The molecule has 0 aromatic heterocycles. The molecule has 0 atom stereocenters. The Hall–Kier alpha value is -2.61. The monoisotopic (exact) mass is 375 g/mol. The Kier molecular flexibility index (Phi) is 5.63. The van der Waals surface area contributed by atoms with Crippen molar-refractivity contribution in [2.45, 2.75) is 6.18 Å². The molecule has 2 aromatic carbocycles. The minimum absolute atomic E-state index is 0.142. The standard InChI is InChI=1S/C16H10ClF4NO3/c17-12-7-9(5-6-13(12)18)22-14(23)8-25-15(24)10-3-1-2-4-11(10)16(19,20)21/h1-7H,8H2,(H,22,23). The average Bonchev–Trinajstić information content (AvgIpc) is 2.55. The Labute approximate surface area is 144 Å². The number of rotatable bonds is 4. The molecular weight excluding hydrogens is 366 g/mol. The van der Waals surface area contributed by atoms with Gasteiger partial charge in [-0.15, -0.1) is 0 Å². The van der Waals surface area contributed by atoms with Crippen LogP contribution in [0.25, 0.3) is 0 Å². The summed E-state index contributed by atoms with van der Waals surface area (Å²) in [7, 11) is 0. The van der Waals surface area contributed by atoms with Crippen molar-refractivity contribution in [1.29, 1.82) is 0 Å². The largest absolute Gasteiger partial charge is 0.452 e. The maximum atomic E-state index is 13.0. The van der Waals surface area contributed by atoms with Crippen LogP contribution >= 0.6 is 11.6 Å². The van der Waals surface area contributed by atoms with Crippen molar-refractivity contribution in [3.8, 4) is 0 Å². The van der Waals surface area contributed by atoms with Crippen LogP contribution in [0.3, 0.4) is 0 Å². The number of esters is 1. The van der Waals surface area contributed by atoms with Crippen molar-refractivity contribution < 1.29 is 31.9 Å². The van der Waals surface area contributed by atoms with E-state index in [4.69, 9.17) is 11.6 Å². The number of anilines is 1. The predicted molar refractivity (Wildman–Crippen MR) is 81.8 cm³/mol. The fourth-order valence-corrected chi connectivity index (χ4v) is 2.07. The van der Waals surface area contributed by atoms with Gasteiger partial charge in [0.2, 0.25) is 0 Å². The molecular formula is C16H10ClF4NO3. The normalized spacial score (nSPS) is 11.1. The van der Waals surface area contributed by atoms with E-state index in [2.05, 4.69) is 10.1 Å². The van der Waals surface area contributed by atoms with E-state index in [0.717, 1.165) is 30.3 Å². The van der Waals surface area contributed by atoms with E-state index in [0.29, 0.717) is 0 Å². The van der Waals surface area contributed by atoms with Gasteiger partial charge in [-0.1, -0.05) is 23.7 Å². The molecule has 0 bridgehead atoms. The second-order valence-corrected chi connectivity index (χ2v) is 5.20. The summed E-state index contributed by atoms with van der Waals surface area (Å²) in [6, 6.07) is 7.43. The SMILES string of the molecule is O=C(COC(=O)c1ccccc1C(F)(F)F)Nc1ccc(F)c(Cl)c1. The Morgan fingerprint density at radius 1 is 1.12 bits per heavy atom. The van der Waals surface area contributed by atoms with Crippen LogP contribution in [-0.2, 0) is 15.7 Å². The molecule has 1 N–H and O–H groups in total. The number of nitrogens with one attached hydrogen (secondary N) is 1. The van der Waals surface area contributed by atoms with Gasteiger partial charge in [-0.05, 0) is 30.3 Å². The molecule has 25 heavy (non-hydrogen) atoms. The third-order valence-corrected chi connectivity index (χ3v) is 3.28. The number of amides is 1. The van der Waals surface area contributed by atoms with Gasteiger partial charge in [-0.3, -0.25) is 4.79 Å². The van der Waals surface area contributed by atoms with Gasteiger partial charge in [0.05, 0.1) is 16.1 Å². The zero-order valence-corrected chi connectivity index (χ0v) is 13.1. The number of carbonyl (C=O) groups is 2. The van der Waals surface area contributed by atoms with Crippen LogP contribution in [-0.4, -0.2) is 18.5 Å². The highest BCUT2D eigenvalue weighted by Gasteiger charge is 2.35. The molecule has 2 rings (SSSR count). The molecule has 0 unspecified atom stereocenters. The summed E-state index contributed by atoms with van der Waals surface area (Å²) < 4.78 is 56.1. The van der Waals surface area contributed by atoms with Crippen LogP contribution in [0.4, 0.5) is 23.2 Å². The van der Waals surface area contributed by atoms with Crippen LogP contribution in [0, 0.1) is 5.82 Å². The molecule has 0 spiro atoms. The topological polar surface area (TPSA) is 55.4 Å². The van der Waals surface area contributed by atoms with Crippen LogP contribution < -0.4 is 5.32 Å². The van der Waals surface area contributed by atoms with E-state index in [-0.39, 0.29) is 10.7 Å². The maximum absolute atomic E-state index is 13.0. The van der Waals surface area contributed by atoms with Gasteiger partial charge in [-0.2, -0.15) is 13.2 Å². The first-order chi connectivity index (χ1) is 11.7. The summed E-state index contributed by atoms with van der Waals surface area (Å²) in [4.78, 5) is 23.5.